The average molecular weight is 512 g/mol. The van der Waals surface area contributed by atoms with Crippen molar-refractivity contribution in [2.45, 2.75) is 18.4 Å². The van der Waals surface area contributed by atoms with E-state index in [1.54, 1.807) is 44.6 Å². The molecule has 0 bridgehead atoms. The van der Waals surface area contributed by atoms with Crippen LogP contribution in [0.2, 0.25) is 0 Å². The third kappa shape index (κ3) is 4.82. The lowest BCUT2D eigenvalue weighted by Crippen LogP contribution is -2.35. The number of ether oxygens (including phenoxy) is 1. The Morgan fingerprint density at radius 3 is 2.68 bits per heavy atom. The van der Waals surface area contributed by atoms with Gasteiger partial charge in [-0.05, 0) is 18.2 Å². The minimum absolute atomic E-state index is 0.00708. The quantitative estimate of drug-likeness (QED) is 0.361. The second-order valence-corrected chi connectivity index (χ2v) is 8.44. The van der Waals surface area contributed by atoms with Crippen molar-refractivity contribution in [2.24, 2.45) is 7.05 Å². The third-order valence-corrected chi connectivity index (χ3v) is 5.74. The predicted octanol–water partition coefficient (Wildman–Crippen LogP) is 2.36. The van der Waals surface area contributed by atoms with Crippen LogP contribution in [0.25, 0.3) is 22.8 Å². The smallest absolute Gasteiger partial charge is 0.272 e. The highest BCUT2D eigenvalue weighted by Gasteiger charge is 2.48. The summed E-state index contributed by atoms with van der Waals surface area (Å²) in [6.07, 6.45) is 0.628. The highest BCUT2D eigenvalue weighted by Crippen LogP contribution is 2.34. The zero-order valence-corrected chi connectivity index (χ0v) is 19.8. The molecule has 0 radical (unpaired) electrons. The molecule has 0 spiro atoms. The molecule has 5 heterocycles. The molecule has 1 saturated heterocycles. The van der Waals surface area contributed by atoms with E-state index in [0.29, 0.717) is 35.0 Å². The van der Waals surface area contributed by atoms with E-state index in [1.165, 1.54) is 21.8 Å². The monoisotopic (exact) mass is 512 g/mol. The number of alkyl halides is 2. The maximum Gasteiger partial charge on any atom is 0.272 e. The van der Waals surface area contributed by atoms with Gasteiger partial charge in [-0.25, -0.2) is 23.7 Å². The van der Waals surface area contributed by atoms with Gasteiger partial charge in [0.1, 0.15) is 11.4 Å². The molecule has 1 fully saturated rings. The fourth-order valence-corrected chi connectivity index (χ4v) is 3.88. The number of likely N-dealkylation sites (tertiary alicyclic amines) is 1. The number of pyridine rings is 1. The van der Waals surface area contributed by atoms with Crippen LogP contribution in [-0.2, 0) is 17.4 Å². The number of nitrogens with one attached hydrogen (secondary N) is 1. The van der Waals surface area contributed by atoms with Crippen LogP contribution in [-0.4, -0.2) is 72.4 Å². The lowest BCUT2D eigenvalue weighted by molar-refractivity contribution is -0.144. The van der Waals surface area contributed by atoms with Gasteiger partial charge in [-0.15, -0.1) is 5.10 Å². The van der Waals surface area contributed by atoms with Crippen molar-refractivity contribution in [1.82, 2.24) is 34.8 Å². The van der Waals surface area contributed by atoms with E-state index in [4.69, 9.17) is 9.26 Å². The van der Waals surface area contributed by atoms with E-state index >= 15 is 0 Å². The number of likely N-dealkylation sites (N-methyl/N-ethyl adjacent to an activating group) is 1. The van der Waals surface area contributed by atoms with E-state index in [-0.39, 0.29) is 24.0 Å². The van der Waals surface area contributed by atoms with Crippen molar-refractivity contribution in [1.29, 1.82) is 0 Å². The molecule has 1 atom stereocenters. The lowest BCUT2D eigenvalue weighted by atomic mass is 9.98. The van der Waals surface area contributed by atoms with Crippen molar-refractivity contribution in [2.75, 3.05) is 25.5 Å². The van der Waals surface area contributed by atoms with Gasteiger partial charge in [-0.2, -0.15) is 0 Å². The second-order valence-electron chi connectivity index (χ2n) is 8.44. The maximum absolute atomic E-state index is 12.6. The van der Waals surface area contributed by atoms with Crippen LogP contribution in [0.1, 0.15) is 12.2 Å². The normalized spacial score (nSPS) is 17.6. The van der Waals surface area contributed by atoms with Gasteiger partial charge in [0.05, 0.1) is 23.3 Å². The Kier molecular flexibility index (Phi) is 6.25. The largest absolute Gasteiger partial charge is 0.469 e. The molecule has 14 heteroatoms. The van der Waals surface area contributed by atoms with Gasteiger partial charge in [0.25, 0.3) is 18.2 Å². The Labute approximate surface area is 208 Å². The molecular formula is C23H22F2N8O4. The van der Waals surface area contributed by atoms with Crippen LogP contribution in [0.5, 0.6) is 5.88 Å². The van der Waals surface area contributed by atoms with E-state index < -0.39 is 24.5 Å². The molecule has 37 heavy (non-hydrogen) atoms. The lowest BCUT2D eigenvalue weighted by Gasteiger charge is -2.16. The molecule has 1 aliphatic rings. The molecule has 0 unspecified atom stereocenters. The van der Waals surface area contributed by atoms with Gasteiger partial charge >= 0.3 is 0 Å². The van der Waals surface area contributed by atoms with Gasteiger partial charge in [-0.1, -0.05) is 11.2 Å². The summed E-state index contributed by atoms with van der Waals surface area (Å²) in [5.41, 5.74) is 0.308. The topological polar surface area (TPSA) is 144 Å². The van der Waals surface area contributed by atoms with E-state index in [2.05, 4.69) is 30.5 Å². The summed E-state index contributed by atoms with van der Waals surface area (Å²) in [6, 6.07) is 8.35. The number of nitrogens with zero attached hydrogens (tertiary/aromatic N) is 7. The molecule has 2 N–H and O–H groups in total. The van der Waals surface area contributed by atoms with Crippen LogP contribution < -0.4 is 10.1 Å². The predicted molar refractivity (Wildman–Crippen MR) is 125 cm³/mol. The Hall–Kier alpha value is -4.46. The highest BCUT2D eigenvalue weighted by atomic mass is 19.3. The van der Waals surface area contributed by atoms with Crippen molar-refractivity contribution < 1.29 is 27.9 Å². The number of hydrogen-bond acceptors (Lipinski definition) is 10. The van der Waals surface area contributed by atoms with Crippen molar-refractivity contribution >= 4 is 17.5 Å². The molecule has 4 aromatic rings. The molecule has 0 aliphatic carbocycles. The molecule has 4 aromatic heterocycles. The molecular weight excluding hydrogens is 490 g/mol. The van der Waals surface area contributed by atoms with E-state index in [0.717, 1.165) is 0 Å². The summed E-state index contributed by atoms with van der Waals surface area (Å²) in [6.45, 7) is -0.391. The molecule has 0 saturated carbocycles. The highest BCUT2D eigenvalue weighted by molar-refractivity contribution is 5.87. The van der Waals surface area contributed by atoms with Gasteiger partial charge < -0.3 is 24.6 Å². The van der Waals surface area contributed by atoms with E-state index in [1.807, 2.05) is 0 Å². The number of aliphatic hydroxyl groups is 1. The standard InChI is InChI=1S/C23H22F2N8O4/c1-32-9-7-23(35,21(32)34)18-10-16(31-37-18)14-5-3-4-13(27-14)15-6-8-26-22(28-15)29-17-11-33(2)30-20(17)36-12-19(24)25/h3-6,8,10-11,19,35H,7,9,12H2,1-2H3,(H,26,28,29)/t23-/m1/s1. The molecule has 0 aromatic carbocycles. The molecule has 12 nitrogen and oxygen atoms in total. The zero-order chi connectivity index (χ0) is 26.2. The molecule has 1 aliphatic heterocycles. The Morgan fingerprint density at radius 2 is 1.95 bits per heavy atom. The summed E-state index contributed by atoms with van der Waals surface area (Å²) in [5, 5.41) is 21.8. The molecule has 1 amide bonds. The Bertz CT molecular complexity index is 1440. The number of rotatable bonds is 8. The SMILES string of the molecule is CN1CC[C@@](O)(c2cc(-c3cccc(-c4ccnc(Nc5cn(C)nc5OCC(F)F)n4)n3)no2)C1=O. The number of aromatic nitrogens is 6. The Morgan fingerprint density at radius 1 is 1.19 bits per heavy atom. The first-order valence-electron chi connectivity index (χ1n) is 11.2. The van der Waals surface area contributed by atoms with Crippen molar-refractivity contribution in [3.8, 4) is 28.7 Å². The van der Waals surface area contributed by atoms with E-state index in [9.17, 15) is 18.7 Å². The summed E-state index contributed by atoms with van der Waals surface area (Å²) in [5.74, 6) is -0.227. The minimum atomic E-state index is -2.64. The van der Waals surface area contributed by atoms with Gasteiger partial charge in [0.15, 0.2) is 12.4 Å². The first kappa shape index (κ1) is 24.2. The fourth-order valence-electron chi connectivity index (χ4n) is 3.88. The summed E-state index contributed by atoms with van der Waals surface area (Å²) >= 11 is 0. The number of amides is 1. The number of carbonyl (C=O) groups excluding carboxylic acids is 1. The summed E-state index contributed by atoms with van der Waals surface area (Å²) in [4.78, 5) is 27.0. The van der Waals surface area contributed by atoms with Gasteiger partial charge in [0.2, 0.25) is 11.5 Å². The maximum atomic E-state index is 12.6. The number of anilines is 2. The molecule has 5 rings (SSSR count). The summed E-state index contributed by atoms with van der Waals surface area (Å²) < 4.78 is 36.9. The number of halogens is 2. The average Bonchev–Trinajstić information content (AvgIpc) is 3.59. The van der Waals surface area contributed by atoms with Crippen LogP contribution in [0.3, 0.4) is 0 Å². The molecule has 192 valence electrons. The summed E-state index contributed by atoms with van der Waals surface area (Å²) in [7, 11) is 3.24. The first-order chi connectivity index (χ1) is 17.7. The third-order valence-electron chi connectivity index (χ3n) is 5.74. The van der Waals surface area contributed by atoms with Crippen molar-refractivity contribution in [3.05, 3.63) is 48.5 Å². The van der Waals surface area contributed by atoms with Crippen molar-refractivity contribution in [3.63, 3.8) is 0 Å². The van der Waals surface area contributed by atoms with Crippen LogP contribution in [0.4, 0.5) is 20.4 Å². The second kappa shape index (κ2) is 9.54. The van der Waals surface area contributed by atoms with Gasteiger partial charge in [-0.3, -0.25) is 9.48 Å². The zero-order valence-electron chi connectivity index (χ0n) is 19.8. The van der Waals surface area contributed by atoms with Crippen LogP contribution >= 0.6 is 0 Å². The fraction of sp³-hybridized carbons (Fsp3) is 0.304. The Balaban J connectivity index is 1.38. The number of carbonyl (C=O) groups is 1. The first-order valence-corrected chi connectivity index (χ1v) is 11.2. The number of hydrogen-bond donors (Lipinski definition) is 2. The number of aryl methyl sites for hydroxylation is 1. The minimum Gasteiger partial charge on any atom is -0.469 e. The van der Waals surface area contributed by atoms with Crippen LogP contribution in [0.15, 0.2) is 47.2 Å². The van der Waals surface area contributed by atoms with Crippen LogP contribution in [0, 0.1) is 0 Å². The van der Waals surface area contributed by atoms with Gasteiger partial charge in [0, 0.05) is 39.3 Å².